The van der Waals surface area contributed by atoms with Crippen LogP contribution in [0, 0.1) is 13.8 Å². The topological polar surface area (TPSA) is 88.7 Å². The molecule has 7 heteroatoms. The largest absolute Gasteiger partial charge is 0.395 e. The highest BCUT2D eigenvalue weighted by molar-refractivity contribution is 6.06. The maximum absolute atomic E-state index is 12.7. The van der Waals surface area contributed by atoms with E-state index in [1.165, 1.54) is 0 Å². The lowest BCUT2D eigenvalue weighted by Crippen LogP contribution is -2.36. The van der Waals surface area contributed by atoms with Crippen molar-refractivity contribution in [2.24, 2.45) is 0 Å². The number of carbonyl (C=O) groups is 1. The number of aliphatic hydroxyl groups is 1. The summed E-state index contributed by atoms with van der Waals surface area (Å²) in [6, 6.07) is 1.71. The number of aromatic nitrogens is 2. The highest BCUT2D eigenvalue weighted by Crippen LogP contribution is 2.23. The Kier molecular flexibility index (Phi) is 4.87. The van der Waals surface area contributed by atoms with Gasteiger partial charge >= 0.3 is 0 Å². The summed E-state index contributed by atoms with van der Waals surface area (Å²) in [5.74, 6) is -0.192. The van der Waals surface area contributed by atoms with Crippen molar-refractivity contribution in [3.05, 3.63) is 23.0 Å². The summed E-state index contributed by atoms with van der Waals surface area (Å²) in [6.07, 6.45) is 0. The van der Waals surface area contributed by atoms with Crippen LogP contribution >= 0.6 is 0 Å². The first-order valence-electron chi connectivity index (χ1n) is 6.71. The molecule has 114 valence electrons. The van der Waals surface area contributed by atoms with Gasteiger partial charge in [-0.3, -0.25) is 4.79 Å². The first-order chi connectivity index (χ1) is 10.1. The summed E-state index contributed by atoms with van der Waals surface area (Å²) in [5, 5.41) is 13.6. The molecule has 0 fully saturated rings. The third-order valence-corrected chi connectivity index (χ3v) is 3.20. The maximum Gasteiger partial charge on any atom is 0.258 e. The average Bonchev–Trinajstić information content (AvgIpc) is 2.83. The van der Waals surface area contributed by atoms with Crippen LogP contribution in [0.1, 0.15) is 21.7 Å². The van der Waals surface area contributed by atoms with Crippen LogP contribution in [0.3, 0.4) is 0 Å². The number of pyridine rings is 1. The molecule has 1 N–H and O–H groups in total. The van der Waals surface area contributed by atoms with Crippen molar-refractivity contribution < 1.29 is 19.2 Å². The number of fused-ring (bicyclic) bond motifs is 1. The molecule has 2 heterocycles. The van der Waals surface area contributed by atoms with Gasteiger partial charge < -0.3 is 19.3 Å². The molecule has 2 aromatic heterocycles. The van der Waals surface area contributed by atoms with E-state index in [1.807, 2.05) is 0 Å². The van der Waals surface area contributed by atoms with Crippen LogP contribution in [0.25, 0.3) is 11.1 Å². The molecule has 0 saturated carbocycles. The maximum atomic E-state index is 12.7. The van der Waals surface area contributed by atoms with Crippen molar-refractivity contribution in [1.82, 2.24) is 15.0 Å². The second kappa shape index (κ2) is 6.64. The first kappa shape index (κ1) is 15.4. The third kappa shape index (κ3) is 3.20. The summed E-state index contributed by atoms with van der Waals surface area (Å²) < 4.78 is 10.1. The van der Waals surface area contributed by atoms with E-state index in [4.69, 9.17) is 14.4 Å². The molecule has 0 aliphatic carbocycles. The fraction of sp³-hybridized carbons (Fsp3) is 0.500. The summed E-state index contributed by atoms with van der Waals surface area (Å²) in [4.78, 5) is 18.5. The molecule has 1 amide bonds. The van der Waals surface area contributed by atoms with Crippen molar-refractivity contribution in [1.29, 1.82) is 0 Å². The SMILES string of the molecule is COCCN(CCO)C(=O)c1cc(C)nc2onc(C)c12. The predicted molar refractivity (Wildman–Crippen MR) is 76.1 cm³/mol. The minimum atomic E-state index is -0.192. The van der Waals surface area contributed by atoms with Crippen LogP contribution in [0.4, 0.5) is 0 Å². The van der Waals surface area contributed by atoms with E-state index in [0.29, 0.717) is 41.2 Å². The second-order valence-electron chi connectivity index (χ2n) is 4.77. The van der Waals surface area contributed by atoms with Crippen molar-refractivity contribution in [2.45, 2.75) is 13.8 Å². The van der Waals surface area contributed by atoms with E-state index in [2.05, 4.69) is 10.1 Å². The number of amides is 1. The first-order valence-corrected chi connectivity index (χ1v) is 6.71. The Balaban J connectivity index is 2.43. The number of methoxy groups -OCH3 is 1. The van der Waals surface area contributed by atoms with Crippen LogP contribution in [0.5, 0.6) is 0 Å². The Bertz CT molecular complexity index is 638. The average molecular weight is 293 g/mol. The number of nitrogens with zero attached hydrogens (tertiary/aromatic N) is 3. The Morgan fingerprint density at radius 3 is 2.86 bits per heavy atom. The monoisotopic (exact) mass is 293 g/mol. The highest BCUT2D eigenvalue weighted by Gasteiger charge is 2.22. The van der Waals surface area contributed by atoms with Crippen molar-refractivity contribution >= 4 is 17.0 Å². The zero-order valence-electron chi connectivity index (χ0n) is 12.4. The zero-order chi connectivity index (χ0) is 15.4. The molecule has 0 aliphatic heterocycles. The van der Waals surface area contributed by atoms with E-state index in [0.717, 1.165) is 0 Å². The Morgan fingerprint density at radius 2 is 2.19 bits per heavy atom. The Morgan fingerprint density at radius 1 is 1.43 bits per heavy atom. The van der Waals surface area contributed by atoms with Crippen LogP contribution in [-0.4, -0.2) is 59.5 Å². The molecule has 0 saturated heterocycles. The molecule has 0 unspecified atom stereocenters. The molecule has 0 spiro atoms. The van der Waals surface area contributed by atoms with Crippen molar-refractivity contribution in [3.8, 4) is 0 Å². The molecule has 21 heavy (non-hydrogen) atoms. The van der Waals surface area contributed by atoms with Crippen LogP contribution in [0.2, 0.25) is 0 Å². The third-order valence-electron chi connectivity index (χ3n) is 3.20. The second-order valence-corrected chi connectivity index (χ2v) is 4.77. The molecule has 0 aromatic carbocycles. The number of aryl methyl sites for hydroxylation is 2. The molecule has 0 aliphatic rings. The number of rotatable bonds is 6. The van der Waals surface area contributed by atoms with E-state index in [-0.39, 0.29) is 19.1 Å². The van der Waals surface area contributed by atoms with Gasteiger partial charge in [0.25, 0.3) is 11.6 Å². The van der Waals surface area contributed by atoms with Gasteiger partial charge in [0.15, 0.2) is 0 Å². The number of aliphatic hydroxyl groups excluding tert-OH is 1. The van der Waals surface area contributed by atoms with Gasteiger partial charge in [-0.15, -0.1) is 0 Å². The van der Waals surface area contributed by atoms with Gasteiger partial charge in [0, 0.05) is 25.9 Å². The van der Waals surface area contributed by atoms with E-state index < -0.39 is 0 Å². The molecule has 0 atom stereocenters. The van der Waals surface area contributed by atoms with Crippen molar-refractivity contribution in [3.63, 3.8) is 0 Å². The Labute approximate surface area is 122 Å². The fourth-order valence-corrected chi connectivity index (χ4v) is 2.19. The fourth-order valence-electron chi connectivity index (χ4n) is 2.19. The predicted octanol–water partition coefficient (Wildman–Crippen LogP) is 0.921. The summed E-state index contributed by atoms with van der Waals surface area (Å²) >= 11 is 0. The van der Waals surface area contributed by atoms with Crippen molar-refractivity contribution in [2.75, 3.05) is 33.4 Å². The summed E-state index contributed by atoms with van der Waals surface area (Å²) in [6.45, 7) is 4.51. The van der Waals surface area contributed by atoms with Gasteiger partial charge in [-0.05, 0) is 19.9 Å². The lowest BCUT2D eigenvalue weighted by molar-refractivity contribution is 0.0658. The summed E-state index contributed by atoms with van der Waals surface area (Å²) in [5.41, 5.74) is 2.14. The van der Waals surface area contributed by atoms with Gasteiger partial charge in [-0.1, -0.05) is 5.16 Å². The molecular formula is C14H19N3O4. The van der Waals surface area contributed by atoms with Gasteiger partial charge in [-0.25, -0.2) is 4.98 Å². The van der Waals surface area contributed by atoms with Gasteiger partial charge in [0.05, 0.1) is 29.9 Å². The minimum absolute atomic E-state index is 0.106. The van der Waals surface area contributed by atoms with E-state index in [1.54, 1.807) is 31.9 Å². The van der Waals surface area contributed by atoms with Gasteiger partial charge in [-0.2, -0.15) is 0 Å². The Hall–Kier alpha value is -1.99. The standard InChI is InChI=1S/C14H19N3O4/c1-9-8-11(12-10(2)16-21-13(12)15-9)14(19)17(4-6-18)5-7-20-3/h8,18H,4-7H2,1-3H3. The number of hydrogen-bond donors (Lipinski definition) is 1. The molecule has 2 rings (SSSR count). The smallest absolute Gasteiger partial charge is 0.258 e. The van der Waals surface area contributed by atoms with Crippen LogP contribution in [0.15, 0.2) is 10.6 Å². The van der Waals surface area contributed by atoms with Crippen LogP contribution in [-0.2, 0) is 4.74 Å². The van der Waals surface area contributed by atoms with E-state index >= 15 is 0 Å². The van der Waals surface area contributed by atoms with Crippen LogP contribution < -0.4 is 0 Å². The highest BCUT2D eigenvalue weighted by atomic mass is 16.5. The number of hydrogen-bond acceptors (Lipinski definition) is 6. The molecule has 7 nitrogen and oxygen atoms in total. The van der Waals surface area contributed by atoms with E-state index in [9.17, 15) is 4.79 Å². The minimum Gasteiger partial charge on any atom is -0.395 e. The molecular weight excluding hydrogens is 274 g/mol. The molecule has 0 radical (unpaired) electrons. The molecule has 2 aromatic rings. The summed E-state index contributed by atoms with van der Waals surface area (Å²) in [7, 11) is 1.57. The zero-order valence-corrected chi connectivity index (χ0v) is 12.4. The number of ether oxygens (including phenoxy) is 1. The lowest BCUT2D eigenvalue weighted by Gasteiger charge is -2.21. The quantitative estimate of drug-likeness (QED) is 0.852. The lowest BCUT2D eigenvalue weighted by atomic mass is 10.1. The number of carbonyl (C=O) groups excluding carboxylic acids is 1. The van der Waals surface area contributed by atoms with Gasteiger partial charge in [0.1, 0.15) is 0 Å². The van der Waals surface area contributed by atoms with Gasteiger partial charge in [0.2, 0.25) is 0 Å². The normalized spacial score (nSPS) is 11.0. The molecule has 0 bridgehead atoms.